The highest BCUT2D eigenvalue weighted by Gasteiger charge is 2.18. The van der Waals surface area contributed by atoms with Crippen LogP contribution in [-0.2, 0) is 19.6 Å². The number of ether oxygens (including phenoxy) is 1. The Morgan fingerprint density at radius 2 is 1.70 bits per heavy atom. The lowest BCUT2D eigenvalue weighted by Gasteiger charge is -2.11. The molecule has 150 valence electrons. The van der Waals surface area contributed by atoms with Crippen LogP contribution >= 0.6 is 0 Å². The Balaban J connectivity index is 2.50. The number of esters is 1. The van der Waals surface area contributed by atoms with E-state index in [0.29, 0.717) is 12.5 Å². The van der Waals surface area contributed by atoms with E-state index in [0.717, 1.165) is 10.7 Å². The van der Waals surface area contributed by atoms with E-state index in [4.69, 9.17) is 4.74 Å². The van der Waals surface area contributed by atoms with Crippen molar-refractivity contribution in [3.05, 3.63) is 29.8 Å². The molecule has 3 amide bonds. The van der Waals surface area contributed by atoms with Gasteiger partial charge in [0, 0.05) is 20.6 Å². The topological polar surface area (TPSA) is 122 Å². The largest absolute Gasteiger partial charge is 0.452 e. The average molecular weight is 399 g/mol. The lowest BCUT2D eigenvalue weighted by atomic mass is 10.1. The molecule has 0 spiro atoms. The first-order valence-electron chi connectivity index (χ1n) is 8.31. The fraction of sp³-hybridized carbons (Fsp3) is 0.471. The van der Waals surface area contributed by atoms with E-state index < -0.39 is 34.5 Å². The third-order valence-electron chi connectivity index (χ3n) is 3.46. The van der Waals surface area contributed by atoms with E-state index >= 15 is 0 Å². The van der Waals surface area contributed by atoms with Crippen molar-refractivity contribution in [2.24, 2.45) is 5.92 Å². The minimum absolute atomic E-state index is 0.0276. The fourth-order valence-corrected chi connectivity index (χ4v) is 2.77. The summed E-state index contributed by atoms with van der Waals surface area (Å²) in [5.74, 6) is -1.16. The third-order valence-corrected chi connectivity index (χ3v) is 5.29. The van der Waals surface area contributed by atoms with Crippen LogP contribution in [0.2, 0.25) is 0 Å². The number of benzene rings is 1. The monoisotopic (exact) mass is 399 g/mol. The molecule has 0 radical (unpaired) electrons. The molecule has 0 atom stereocenters. The molecule has 2 N–H and O–H groups in total. The Bertz CT molecular complexity index is 772. The molecule has 0 aliphatic rings. The predicted molar refractivity (Wildman–Crippen MR) is 98.6 cm³/mol. The van der Waals surface area contributed by atoms with Crippen molar-refractivity contribution in [2.75, 3.05) is 27.2 Å². The highest BCUT2D eigenvalue weighted by atomic mass is 32.2. The number of amides is 3. The molecule has 27 heavy (non-hydrogen) atoms. The second-order valence-corrected chi connectivity index (χ2v) is 8.53. The summed E-state index contributed by atoms with van der Waals surface area (Å²) in [4.78, 5) is 35.0. The first kappa shape index (κ1) is 22.6. The minimum atomic E-state index is -3.60. The van der Waals surface area contributed by atoms with Gasteiger partial charge in [-0.2, -0.15) is 0 Å². The van der Waals surface area contributed by atoms with Crippen molar-refractivity contribution < 1.29 is 27.5 Å². The van der Waals surface area contributed by atoms with E-state index in [2.05, 4.69) is 10.6 Å². The molecule has 1 rings (SSSR count). The smallest absolute Gasteiger partial charge is 0.338 e. The summed E-state index contributed by atoms with van der Waals surface area (Å²) >= 11 is 0. The first-order valence-corrected chi connectivity index (χ1v) is 9.75. The van der Waals surface area contributed by atoms with Gasteiger partial charge >= 0.3 is 12.0 Å². The Hall–Kier alpha value is -2.46. The molecule has 0 aromatic heterocycles. The van der Waals surface area contributed by atoms with E-state index in [1.165, 1.54) is 38.4 Å². The number of imide groups is 1. The maximum atomic E-state index is 12.0. The van der Waals surface area contributed by atoms with Crippen LogP contribution in [0, 0.1) is 5.92 Å². The highest BCUT2D eigenvalue weighted by molar-refractivity contribution is 7.89. The first-order chi connectivity index (χ1) is 12.5. The summed E-state index contributed by atoms with van der Waals surface area (Å²) in [6, 6.07) is 4.46. The van der Waals surface area contributed by atoms with E-state index in [1.807, 2.05) is 13.8 Å². The van der Waals surface area contributed by atoms with Gasteiger partial charge in [-0.25, -0.2) is 22.3 Å². The van der Waals surface area contributed by atoms with Gasteiger partial charge in [-0.1, -0.05) is 13.8 Å². The molecule has 0 aliphatic heterocycles. The van der Waals surface area contributed by atoms with Crippen LogP contribution in [0.4, 0.5) is 4.79 Å². The van der Waals surface area contributed by atoms with Gasteiger partial charge in [-0.05, 0) is 36.6 Å². The fourth-order valence-electron chi connectivity index (χ4n) is 1.87. The number of rotatable bonds is 8. The van der Waals surface area contributed by atoms with Crippen molar-refractivity contribution in [1.82, 2.24) is 14.9 Å². The number of hydrogen-bond acceptors (Lipinski definition) is 6. The van der Waals surface area contributed by atoms with Crippen molar-refractivity contribution in [2.45, 2.75) is 25.2 Å². The molecule has 0 aliphatic carbocycles. The Kier molecular flexibility index (Phi) is 8.38. The van der Waals surface area contributed by atoms with Gasteiger partial charge in [0.1, 0.15) is 0 Å². The van der Waals surface area contributed by atoms with Crippen molar-refractivity contribution >= 4 is 27.9 Å². The Morgan fingerprint density at radius 1 is 1.11 bits per heavy atom. The number of sulfonamides is 1. The summed E-state index contributed by atoms with van der Waals surface area (Å²) in [6.45, 7) is 3.81. The second-order valence-electron chi connectivity index (χ2n) is 6.37. The van der Waals surface area contributed by atoms with Gasteiger partial charge in [0.15, 0.2) is 6.61 Å². The number of nitrogens with one attached hydrogen (secondary N) is 2. The van der Waals surface area contributed by atoms with Crippen molar-refractivity contribution in [1.29, 1.82) is 0 Å². The van der Waals surface area contributed by atoms with Crippen LogP contribution in [0.15, 0.2) is 29.2 Å². The molecule has 9 nitrogen and oxygen atoms in total. The van der Waals surface area contributed by atoms with Crippen LogP contribution < -0.4 is 10.6 Å². The minimum Gasteiger partial charge on any atom is -0.452 e. The lowest BCUT2D eigenvalue weighted by Crippen LogP contribution is -2.41. The maximum Gasteiger partial charge on any atom is 0.338 e. The van der Waals surface area contributed by atoms with Gasteiger partial charge in [-0.15, -0.1) is 0 Å². The zero-order chi connectivity index (χ0) is 20.6. The molecule has 0 bridgehead atoms. The van der Waals surface area contributed by atoms with E-state index in [9.17, 15) is 22.8 Å². The summed E-state index contributed by atoms with van der Waals surface area (Å²) in [5.41, 5.74) is 0.0851. The lowest BCUT2D eigenvalue weighted by molar-refractivity contribution is -0.123. The van der Waals surface area contributed by atoms with Crippen LogP contribution in [0.5, 0.6) is 0 Å². The Labute approximate surface area is 159 Å². The quantitative estimate of drug-likeness (QED) is 0.628. The number of hydrogen-bond donors (Lipinski definition) is 2. The normalized spacial score (nSPS) is 11.3. The van der Waals surface area contributed by atoms with Crippen LogP contribution in [0.25, 0.3) is 0 Å². The van der Waals surface area contributed by atoms with Gasteiger partial charge < -0.3 is 10.1 Å². The average Bonchev–Trinajstić information content (AvgIpc) is 2.59. The molecule has 1 aromatic carbocycles. The summed E-state index contributed by atoms with van der Waals surface area (Å²) in [5, 5.41) is 4.57. The van der Waals surface area contributed by atoms with Crippen LogP contribution in [0.1, 0.15) is 30.6 Å². The zero-order valence-electron chi connectivity index (χ0n) is 15.8. The second kappa shape index (κ2) is 10.0. The van der Waals surface area contributed by atoms with Crippen LogP contribution in [0.3, 0.4) is 0 Å². The molecular formula is C17H25N3O6S. The number of nitrogens with zero attached hydrogens (tertiary/aromatic N) is 1. The van der Waals surface area contributed by atoms with E-state index in [1.54, 1.807) is 0 Å². The van der Waals surface area contributed by atoms with Crippen molar-refractivity contribution in [3.63, 3.8) is 0 Å². The van der Waals surface area contributed by atoms with Gasteiger partial charge in [-0.3, -0.25) is 10.1 Å². The molecule has 0 heterocycles. The van der Waals surface area contributed by atoms with Crippen LogP contribution in [-0.4, -0.2) is 57.9 Å². The van der Waals surface area contributed by atoms with Gasteiger partial charge in [0.05, 0.1) is 10.5 Å². The van der Waals surface area contributed by atoms with Gasteiger partial charge in [0.25, 0.3) is 5.91 Å². The summed E-state index contributed by atoms with van der Waals surface area (Å²) in [6.07, 6.45) is 0.774. The molecule has 0 saturated carbocycles. The Morgan fingerprint density at radius 3 is 2.22 bits per heavy atom. The maximum absolute atomic E-state index is 12.0. The molecule has 1 aromatic rings. The number of carbonyl (C=O) groups is 3. The molecule has 0 unspecified atom stereocenters. The molecule has 0 saturated heterocycles. The van der Waals surface area contributed by atoms with Gasteiger partial charge in [0.2, 0.25) is 10.0 Å². The molecule has 10 heteroatoms. The third kappa shape index (κ3) is 7.35. The zero-order valence-corrected chi connectivity index (χ0v) is 16.6. The van der Waals surface area contributed by atoms with Crippen molar-refractivity contribution in [3.8, 4) is 0 Å². The standard InChI is InChI=1S/C17H25N3O6S/c1-12(2)9-10-18-17(23)19-15(21)11-26-16(22)13-5-7-14(8-6-13)27(24,25)20(3)4/h5-8,12H,9-11H2,1-4H3,(H2,18,19,21,23). The molecule has 0 fully saturated rings. The molecular weight excluding hydrogens is 374 g/mol. The SMILES string of the molecule is CC(C)CCNC(=O)NC(=O)COC(=O)c1ccc(S(=O)(=O)N(C)C)cc1. The predicted octanol–water partition coefficient (Wildman–Crippen LogP) is 0.966. The number of urea groups is 1. The summed E-state index contributed by atoms with van der Waals surface area (Å²) in [7, 11) is -0.803. The van der Waals surface area contributed by atoms with E-state index in [-0.39, 0.29) is 10.5 Å². The number of carbonyl (C=O) groups excluding carboxylic acids is 3. The highest BCUT2D eigenvalue weighted by Crippen LogP contribution is 2.14. The summed E-state index contributed by atoms with van der Waals surface area (Å²) < 4.78 is 29.8.